The number of nitrogens with one attached hydrogen (secondary N) is 2. The van der Waals surface area contributed by atoms with Crippen LogP contribution in [0, 0.1) is 13.8 Å². The fourth-order valence-corrected chi connectivity index (χ4v) is 2.51. The SMILES string of the molecule is CC(=NNC(=S)Nc1cccc(C)c1C)c1ccc2c(c1)OCO2. The molecule has 0 spiro atoms. The zero-order valence-corrected chi connectivity index (χ0v) is 14.7. The number of anilines is 1. The van der Waals surface area contributed by atoms with Crippen LogP contribution in [0.3, 0.4) is 0 Å². The van der Waals surface area contributed by atoms with E-state index in [0.717, 1.165) is 34.0 Å². The Kier molecular flexibility index (Phi) is 4.66. The molecule has 124 valence electrons. The molecular weight excluding hydrogens is 322 g/mol. The van der Waals surface area contributed by atoms with E-state index >= 15 is 0 Å². The molecule has 0 unspecified atom stereocenters. The Labute approximate surface area is 146 Å². The Morgan fingerprint density at radius 2 is 1.92 bits per heavy atom. The van der Waals surface area contributed by atoms with E-state index in [9.17, 15) is 0 Å². The second kappa shape index (κ2) is 6.88. The zero-order chi connectivity index (χ0) is 17.1. The molecule has 0 aliphatic carbocycles. The molecule has 2 aromatic rings. The third kappa shape index (κ3) is 3.49. The Morgan fingerprint density at radius 1 is 1.12 bits per heavy atom. The lowest BCUT2D eigenvalue weighted by Crippen LogP contribution is -2.25. The van der Waals surface area contributed by atoms with Gasteiger partial charge in [0.15, 0.2) is 16.6 Å². The summed E-state index contributed by atoms with van der Waals surface area (Å²) in [5.74, 6) is 1.49. The van der Waals surface area contributed by atoms with Gasteiger partial charge in [-0.3, -0.25) is 5.43 Å². The lowest BCUT2D eigenvalue weighted by Gasteiger charge is -2.12. The van der Waals surface area contributed by atoms with Crippen molar-refractivity contribution in [1.29, 1.82) is 0 Å². The van der Waals surface area contributed by atoms with Crippen LogP contribution < -0.4 is 20.2 Å². The predicted octanol–water partition coefficient (Wildman–Crippen LogP) is 3.74. The monoisotopic (exact) mass is 341 g/mol. The number of hydrazone groups is 1. The van der Waals surface area contributed by atoms with E-state index in [0.29, 0.717) is 5.11 Å². The van der Waals surface area contributed by atoms with Crippen LogP contribution in [0.2, 0.25) is 0 Å². The summed E-state index contributed by atoms with van der Waals surface area (Å²) in [5, 5.41) is 7.95. The first-order valence-corrected chi connectivity index (χ1v) is 8.03. The quantitative estimate of drug-likeness (QED) is 0.506. The van der Waals surface area contributed by atoms with Gasteiger partial charge < -0.3 is 14.8 Å². The third-order valence-electron chi connectivity index (χ3n) is 3.97. The molecular formula is C18H19N3O2S. The van der Waals surface area contributed by atoms with Crippen LogP contribution in [0.1, 0.15) is 23.6 Å². The Morgan fingerprint density at radius 3 is 2.75 bits per heavy atom. The van der Waals surface area contributed by atoms with E-state index in [1.807, 2.05) is 37.3 Å². The van der Waals surface area contributed by atoms with Crippen molar-refractivity contribution >= 4 is 28.7 Å². The van der Waals surface area contributed by atoms with Crippen LogP contribution >= 0.6 is 12.2 Å². The number of fused-ring (bicyclic) bond motifs is 1. The zero-order valence-electron chi connectivity index (χ0n) is 13.8. The van der Waals surface area contributed by atoms with Gasteiger partial charge in [-0.1, -0.05) is 12.1 Å². The number of ether oxygens (including phenoxy) is 2. The van der Waals surface area contributed by atoms with Gasteiger partial charge in [-0.2, -0.15) is 5.10 Å². The van der Waals surface area contributed by atoms with Crippen molar-refractivity contribution in [2.45, 2.75) is 20.8 Å². The maximum atomic E-state index is 5.38. The molecule has 0 radical (unpaired) electrons. The van der Waals surface area contributed by atoms with E-state index in [1.54, 1.807) is 0 Å². The Bertz CT molecular complexity index is 818. The molecule has 6 heteroatoms. The number of hydrogen-bond donors (Lipinski definition) is 2. The number of aryl methyl sites for hydroxylation is 1. The molecule has 0 saturated heterocycles. The largest absolute Gasteiger partial charge is 0.454 e. The second-order valence-corrected chi connectivity index (χ2v) is 5.99. The first kappa shape index (κ1) is 16.3. The fourth-order valence-electron chi connectivity index (χ4n) is 2.36. The summed E-state index contributed by atoms with van der Waals surface area (Å²) in [6, 6.07) is 11.8. The molecule has 3 rings (SSSR count). The van der Waals surface area contributed by atoms with Gasteiger partial charge in [0, 0.05) is 11.3 Å². The van der Waals surface area contributed by atoms with Gasteiger partial charge in [0.1, 0.15) is 0 Å². The number of rotatable bonds is 3. The van der Waals surface area contributed by atoms with Crippen LogP contribution in [0.4, 0.5) is 5.69 Å². The molecule has 1 aliphatic heterocycles. The van der Waals surface area contributed by atoms with Crippen LogP contribution in [0.15, 0.2) is 41.5 Å². The lowest BCUT2D eigenvalue weighted by atomic mass is 10.1. The van der Waals surface area contributed by atoms with Gasteiger partial charge in [0.25, 0.3) is 0 Å². The van der Waals surface area contributed by atoms with Gasteiger partial charge >= 0.3 is 0 Å². The number of nitrogens with zero attached hydrogens (tertiary/aromatic N) is 1. The van der Waals surface area contributed by atoms with Crippen molar-refractivity contribution < 1.29 is 9.47 Å². The molecule has 0 aromatic heterocycles. The van der Waals surface area contributed by atoms with E-state index in [-0.39, 0.29) is 6.79 Å². The highest BCUT2D eigenvalue weighted by atomic mass is 32.1. The van der Waals surface area contributed by atoms with Gasteiger partial charge in [-0.25, -0.2) is 0 Å². The molecule has 24 heavy (non-hydrogen) atoms. The first-order valence-electron chi connectivity index (χ1n) is 7.62. The van der Waals surface area contributed by atoms with E-state index < -0.39 is 0 Å². The molecule has 5 nitrogen and oxygen atoms in total. The molecule has 2 N–H and O–H groups in total. The van der Waals surface area contributed by atoms with Crippen molar-refractivity contribution in [3.63, 3.8) is 0 Å². The van der Waals surface area contributed by atoms with Crippen LogP contribution in [-0.2, 0) is 0 Å². The molecule has 1 heterocycles. The molecule has 2 aromatic carbocycles. The maximum Gasteiger partial charge on any atom is 0.231 e. The average Bonchev–Trinajstić information content (AvgIpc) is 3.04. The van der Waals surface area contributed by atoms with E-state index in [2.05, 4.69) is 35.8 Å². The Hall–Kier alpha value is -2.60. The van der Waals surface area contributed by atoms with E-state index in [1.165, 1.54) is 5.56 Å². The summed E-state index contributed by atoms with van der Waals surface area (Å²) in [6.45, 7) is 6.29. The summed E-state index contributed by atoms with van der Waals surface area (Å²) >= 11 is 5.31. The lowest BCUT2D eigenvalue weighted by molar-refractivity contribution is 0.174. The summed E-state index contributed by atoms with van der Waals surface area (Å²) < 4.78 is 10.7. The molecule has 1 aliphatic rings. The van der Waals surface area contributed by atoms with Gasteiger partial charge in [-0.05, 0) is 68.4 Å². The Balaban J connectivity index is 1.66. The predicted molar refractivity (Wildman–Crippen MR) is 100 cm³/mol. The summed E-state index contributed by atoms with van der Waals surface area (Å²) in [5.41, 5.74) is 7.98. The van der Waals surface area contributed by atoms with Crippen molar-refractivity contribution in [2.75, 3.05) is 12.1 Å². The summed E-state index contributed by atoms with van der Waals surface area (Å²) in [6.07, 6.45) is 0. The fraction of sp³-hybridized carbons (Fsp3) is 0.222. The highest BCUT2D eigenvalue weighted by Crippen LogP contribution is 2.32. The van der Waals surface area contributed by atoms with Crippen molar-refractivity contribution in [3.05, 3.63) is 53.1 Å². The van der Waals surface area contributed by atoms with Gasteiger partial charge in [0.2, 0.25) is 6.79 Å². The van der Waals surface area contributed by atoms with Crippen LogP contribution in [-0.4, -0.2) is 17.6 Å². The molecule has 0 fully saturated rings. The second-order valence-electron chi connectivity index (χ2n) is 5.58. The van der Waals surface area contributed by atoms with Gasteiger partial charge in [0.05, 0.1) is 5.71 Å². The molecule has 0 atom stereocenters. The average molecular weight is 341 g/mol. The smallest absolute Gasteiger partial charge is 0.231 e. The molecule has 0 amide bonds. The minimum absolute atomic E-state index is 0.261. The number of thiocarbonyl (C=S) groups is 1. The highest BCUT2D eigenvalue weighted by molar-refractivity contribution is 7.80. The van der Waals surface area contributed by atoms with Crippen molar-refractivity contribution in [2.24, 2.45) is 5.10 Å². The summed E-state index contributed by atoms with van der Waals surface area (Å²) in [7, 11) is 0. The number of benzene rings is 2. The number of hydrogen-bond acceptors (Lipinski definition) is 4. The standard InChI is InChI=1S/C18H19N3O2S/c1-11-5-4-6-15(12(11)2)19-18(24)21-20-13(3)14-7-8-16-17(9-14)23-10-22-16/h4-9H,10H2,1-3H3,(H2,19,21,24). The van der Waals surface area contributed by atoms with E-state index in [4.69, 9.17) is 21.7 Å². The normalized spacial score (nSPS) is 12.9. The van der Waals surface area contributed by atoms with Crippen LogP contribution in [0.25, 0.3) is 0 Å². The minimum Gasteiger partial charge on any atom is -0.454 e. The maximum absolute atomic E-state index is 5.38. The van der Waals surface area contributed by atoms with Crippen LogP contribution in [0.5, 0.6) is 11.5 Å². The topological polar surface area (TPSA) is 54.9 Å². The van der Waals surface area contributed by atoms with Gasteiger partial charge in [-0.15, -0.1) is 0 Å². The molecule has 0 saturated carbocycles. The third-order valence-corrected chi connectivity index (χ3v) is 4.16. The van der Waals surface area contributed by atoms with Crippen molar-refractivity contribution in [1.82, 2.24) is 5.43 Å². The highest BCUT2D eigenvalue weighted by Gasteiger charge is 2.14. The van der Waals surface area contributed by atoms with Crippen molar-refractivity contribution in [3.8, 4) is 11.5 Å². The molecule has 0 bridgehead atoms. The summed E-state index contributed by atoms with van der Waals surface area (Å²) in [4.78, 5) is 0. The minimum atomic E-state index is 0.261. The first-order chi connectivity index (χ1) is 11.5.